The average molecular weight is 710 g/mol. The van der Waals surface area contributed by atoms with Crippen molar-refractivity contribution >= 4 is 14.9 Å². The summed E-state index contributed by atoms with van der Waals surface area (Å²) in [6, 6.07) is 0.848. The summed E-state index contributed by atoms with van der Waals surface area (Å²) < 4.78 is 17.9. The monoisotopic (exact) mass is 710 g/mol. The van der Waals surface area contributed by atoms with Crippen molar-refractivity contribution in [2.24, 2.45) is 4.99 Å². The Morgan fingerprint density at radius 2 is 0.673 bits per heavy atom. The van der Waals surface area contributed by atoms with Crippen molar-refractivity contribution in [3.63, 3.8) is 0 Å². The molecule has 49 heavy (non-hydrogen) atoms. The zero-order chi connectivity index (χ0) is 35.8. The predicted octanol–water partition coefficient (Wildman–Crippen LogP) is 14.6. The quantitative estimate of drug-likeness (QED) is 0.0274. The van der Waals surface area contributed by atoms with Crippen LogP contribution in [-0.2, 0) is 18.1 Å². The molecule has 0 spiro atoms. The van der Waals surface area contributed by atoms with Crippen molar-refractivity contribution < 1.29 is 18.1 Å². The van der Waals surface area contributed by atoms with Gasteiger partial charge >= 0.3 is 8.80 Å². The summed E-state index contributed by atoms with van der Waals surface area (Å²) >= 11 is 0. The van der Waals surface area contributed by atoms with Gasteiger partial charge in [-0.25, -0.2) is 9.79 Å². The molecule has 0 fully saturated rings. The number of hydrogen-bond donors (Lipinski definition) is 0. The molecule has 292 valence electrons. The van der Waals surface area contributed by atoms with E-state index in [0.29, 0.717) is 19.8 Å². The Labute approximate surface area is 308 Å². The van der Waals surface area contributed by atoms with Crippen LogP contribution < -0.4 is 0 Å². The Balaban J connectivity index is 3.45. The van der Waals surface area contributed by atoms with Gasteiger partial charge in [-0.1, -0.05) is 200 Å². The summed E-state index contributed by atoms with van der Waals surface area (Å²) in [5.41, 5.74) is 0. The number of carbonyl (C=O) groups excluding carboxylic acids is 1. The molecule has 0 radical (unpaired) electrons. The standard InChI is InChI=1S/C43H87NO4Si/c1-5-9-10-11-12-13-14-15-16-17-18-19-20-21-22-23-24-25-26-27-28-29-30-31-32-33-34-35-36-37-39-43(44-42-45)40-38-41-49(46-6-2,47-7-3)48-8-4/h43H,5-41H2,1-4H3. The maximum Gasteiger partial charge on any atom is 0.500 e. The fraction of sp³-hybridized carbons (Fsp3) is 0.977. The average Bonchev–Trinajstić information content (AvgIpc) is 3.09. The lowest BCUT2D eigenvalue weighted by Gasteiger charge is -2.28. The number of isocyanates is 1. The van der Waals surface area contributed by atoms with E-state index in [1.165, 1.54) is 186 Å². The zero-order valence-corrected chi connectivity index (χ0v) is 34.8. The first kappa shape index (κ1) is 48.5. The summed E-state index contributed by atoms with van der Waals surface area (Å²) in [6.07, 6.45) is 47.2. The topological polar surface area (TPSA) is 57.1 Å². The Morgan fingerprint density at radius 3 is 0.939 bits per heavy atom. The molecule has 0 heterocycles. The molecule has 0 saturated heterocycles. The van der Waals surface area contributed by atoms with E-state index in [-0.39, 0.29) is 6.04 Å². The van der Waals surface area contributed by atoms with Gasteiger partial charge in [-0.3, -0.25) is 0 Å². The van der Waals surface area contributed by atoms with Crippen LogP contribution >= 0.6 is 0 Å². The van der Waals surface area contributed by atoms with E-state index < -0.39 is 8.80 Å². The van der Waals surface area contributed by atoms with Gasteiger partial charge in [0.05, 0.1) is 6.04 Å². The molecule has 0 saturated carbocycles. The Hall–Kier alpha value is -0.523. The first-order valence-corrected chi connectivity index (χ1v) is 24.1. The molecule has 0 aromatic heterocycles. The molecule has 0 aliphatic heterocycles. The molecule has 5 nitrogen and oxygen atoms in total. The van der Waals surface area contributed by atoms with Crippen LogP contribution in [0.5, 0.6) is 0 Å². The third kappa shape index (κ3) is 34.3. The number of rotatable bonds is 42. The maximum absolute atomic E-state index is 11.0. The third-order valence-corrected chi connectivity index (χ3v) is 13.4. The summed E-state index contributed by atoms with van der Waals surface area (Å²) in [7, 11) is -2.61. The molecular weight excluding hydrogens is 623 g/mol. The van der Waals surface area contributed by atoms with E-state index >= 15 is 0 Å². The summed E-state index contributed by atoms with van der Waals surface area (Å²) in [4.78, 5) is 15.1. The highest BCUT2D eigenvalue weighted by molar-refractivity contribution is 6.60. The van der Waals surface area contributed by atoms with Gasteiger partial charge in [-0.05, 0) is 40.0 Å². The van der Waals surface area contributed by atoms with E-state index in [1.54, 1.807) is 0 Å². The fourth-order valence-corrected chi connectivity index (χ4v) is 9.95. The molecule has 0 bridgehead atoms. The third-order valence-electron chi connectivity index (χ3n) is 10.2. The second kappa shape index (κ2) is 40.3. The minimum atomic E-state index is -2.61. The van der Waals surface area contributed by atoms with E-state index in [2.05, 4.69) is 11.9 Å². The van der Waals surface area contributed by atoms with Gasteiger partial charge in [0.25, 0.3) is 0 Å². The molecule has 0 amide bonds. The first-order chi connectivity index (χ1) is 24.2. The number of hydrogen-bond acceptors (Lipinski definition) is 5. The van der Waals surface area contributed by atoms with Crippen molar-refractivity contribution in [3.05, 3.63) is 0 Å². The first-order valence-electron chi connectivity index (χ1n) is 22.2. The highest BCUT2D eigenvalue weighted by atomic mass is 28.4. The molecule has 1 unspecified atom stereocenters. The van der Waals surface area contributed by atoms with Crippen molar-refractivity contribution in [1.82, 2.24) is 0 Å². The van der Waals surface area contributed by atoms with Crippen molar-refractivity contribution in [2.75, 3.05) is 19.8 Å². The van der Waals surface area contributed by atoms with E-state index in [9.17, 15) is 4.79 Å². The normalized spacial score (nSPS) is 12.4. The highest BCUT2D eigenvalue weighted by Crippen LogP contribution is 2.23. The molecule has 6 heteroatoms. The lowest BCUT2D eigenvalue weighted by atomic mass is 10.0. The maximum atomic E-state index is 11.0. The summed E-state index contributed by atoms with van der Waals surface area (Å²) in [5.74, 6) is 0. The van der Waals surface area contributed by atoms with Crippen LogP contribution in [0.1, 0.15) is 240 Å². The molecule has 0 aliphatic carbocycles. The summed E-state index contributed by atoms with van der Waals surface area (Å²) in [6.45, 7) is 10.1. The van der Waals surface area contributed by atoms with Gasteiger partial charge in [0, 0.05) is 25.9 Å². The second-order valence-electron chi connectivity index (χ2n) is 14.8. The minimum Gasteiger partial charge on any atom is -0.374 e. The predicted molar refractivity (Wildman–Crippen MR) is 215 cm³/mol. The lowest BCUT2D eigenvalue weighted by molar-refractivity contribution is 0.0705. The molecule has 0 aliphatic rings. The van der Waals surface area contributed by atoms with E-state index in [4.69, 9.17) is 13.3 Å². The zero-order valence-electron chi connectivity index (χ0n) is 33.8. The van der Waals surface area contributed by atoms with E-state index in [1.807, 2.05) is 26.9 Å². The van der Waals surface area contributed by atoms with Gasteiger partial charge < -0.3 is 13.3 Å². The van der Waals surface area contributed by atoms with E-state index in [0.717, 1.165) is 31.7 Å². The van der Waals surface area contributed by atoms with Gasteiger partial charge in [0.2, 0.25) is 6.08 Å². The van der Waals surface area contributed by atoms with Crippen molar-refractivity contribution in [1.29, 1.82) is 0 Å². The van der Waals surface area contributed by atoms with Crippen LogP contribution in [0, 0.1) is 0 Å². The van der Waals surface area contributed by atoms with Crippen LogP contribution in [0.3, 0.4) is 0 Å². The molecule has 0 rings (SSSR count). The van der Waals surface area contributed by atoms with Crippen LogP contribution in [0.4, 0.5) is 0 Å². The van der Waals surface area contributed by atoms with Crippen molar-refractivity contribution in [3.8, 4) is 0 Å². The van der Waals surface area contributed by atoms with Crippen LogP contribution in [0.15, 0.2) is 4.99 Å². The molecule has 0 aromatic rings. The Morgan fingerprint density at radius 1 is 0.408 bits per heavy atom. The van der Waals surface area contributed by atoms with Gasteiger partial charge in [0.1, 0.15) is 0 Å². The number of aliphatic imine (C=N–C) groups is 1. The number of nitrogens with zero attached hydrogens (tertiary/aromatic N) is 1. The minimum absolute atomic E-state index is 0.0628. The van der Waals surface area contributed by atoms with Crippen LogP contribution in [0.25, 0.3) is 0 Å². The SMILES string of the molecule is CCCCCCCCCCCCCCCCCCCCCCCCCCCCCCCCC(CCC[Si](OCC)(OCC)OCC)N=C=O. The second-order valence-corrected chi connectivity index (χ2v) is 17.5. The summed E-state index contributed by atoms with van der Waals surface area (Å²) in [5, 5.41) is 0. The Bertz CT molecular complexity index is 670. The number of unbranched alkanes of at least 4 members (excludes halogenated alkanes) is 29. The molecule has 0 aromatic carbocycles. The smallest absolute Gasteiger partial charge is 0.374 e. The van der Waals surface area contributed by atoms with Gasteiger partial charge in [0.15, 0.2) is 0 Å². The Kier molecular flexibility index (Phi) is 39.8. The molecule has 1 atom stereocenters. The van der Waals surface area contributed by atoms with Crippen molar-refractivity contribution in [2.45, 2.75) is 252 Å². The molecule has 0 N–H and O–H groups in total. The van der Waals surface area contributed by atoms with Gasteiger partial charge in [-0.2, -0.15) is 0 Å². The van der Waals surface area contributed by atoms with Crippen LogP contribution in [-0.4, -0.2) is 40.7 Å². The highest BCUT2D eigenvalue weighted by Gasteiger charge is 2.39. The van der Waals surface area contributed by atoms with Gasteiger partial charge in [-0.15, -0.1) is 0 Å². The molecular formula is C43H87NO4Si. The largest absolute Gasteiger partial charge is 0.500 e. The fourth-order valence-electron chi connectivity index (χ4n) is 7.31. The lowest BCUT2D eigenvalue weighted by Crippen LogP contribution is -2.46. The van der Waals surface area contributed by atoms with Crippen LogP contribution in [0.2, 0.25) is 6.04 Å².